The molecule has 2 N–H and O–H groups in total. The summed E-state index contributed by atoms with van der Waals surface area (Å²) in [4.78, 5) is 26.8. The molecule has 33 heavy (non-hydrogen) atoms. The molecule has 2 heterocycles. The van der Waals surface area contributed by atoms with Crippen molar-refractivity contribution in [2.24, 2.45) is 0 Å². The summed E-state index contributed by atoms with van der Waals surface area (Å²) in [5.74, 6) is -0.236. The first-order valence-corrected chi connectivity index (χ1v) is 10.8. The van der Waals surface area contributed by atoms with Crippen LogP contribution in [0.4, 0.5) is 16.2 Å². The van der Waals surface area contributed by atoms with Crippen LogP contribution < -0.4 is 15.5 Å². The number of amides is 3. The van der Waals surface area contributed by atoms with Crippen LogP contribution in [0.3, 0.4) is 0 Å². The van der Waals surface area contributed by atoms with Gasteiger partial charge in [-0.15, -0.1) is 0 Å². The number of nitrogens with one attached hydrogen (secondary N) is 2. The van der Waals surface area contributed by atoms with Crippen molar-refractivity contribution in [1.82, 2.24) is 15.1 Å². The van der Waals surface area contributed by atoms with Crippen LogP contribution >= 0.6 is 0 Å². The quantitative estimate of drug-likeness (QED) is 0.470. The minimum absolute atomic E-state index is 0.106. The summed E-state index contributed by atoms with van der Waals surface area (Å²) in [7, 11) is 0. The molecule has 1 fully saturated rings. The van der Waals surface area contributed by atoms with E-state index in [1.807, 2.05) is 72.8 Å². The molecule has 1 aromatic heterocycles. The summed E-state index contributed by atoms with van der Waals surface area (Å²) in [6, 6.07) is 26.9. The minimum Gasteiger partial charge on any atom is -0.336 e. The van der Waals surface area contributed by atoms with Crippen molar-refractivity contribution in [2.45, 2.75) is 6.54 Å². The fourth-order valence-electron chi connectivity index (χ4n) is 3.89. The maximum absolute atomic E-state index is 13.2. The molecule has 7 nitrogen and oxygen atoms in total. The Morgan fingerprint density at radius 3 is 2.30 bits per heavy atom. The lowest BCUT2D eigenvalue weighted by molar-refractivity contribution is 0.102. The number of carbonyl (C=O) groups is 2. The molecular weight excluding hydrogens is 414 g/mol. The molecule has 0 saturated carbocycles. The van der Waals surface area contributed by atoms with Crippen LogP contribution in [0.15, 0.2) is 91.1 Å². The molecule has 7 heteroatoms. The van der Waals surface area contributed by atoms with E-state index in [-0.39, 0.29) is 11.9 Å². The summed E-state index contributed by atoms with van der Waals surface area (Å²) in [5.41, 5.74) is 4.56. The van der Waals surface area contributed by atoms with Crippen LogP contribution in [0.2, 0.25) is 0 Å². The molecular formula is C26H23N5O2. The molecule has 164 valence electrons. The molecule has 1 aliphatic heterocycles. The highest BCUT2D eigenvalue weighted by molar-refractivity contribution is 6.08. The molecule has 3 amide bonds. The molecule has 0 bridgehead atoms. The van der Waals surface area contributed by atoms with Gasteiger partial charge in [0.15, 0.2) is 0 Å². The van der Waals surface area contributed by atoms with Crippen LogP contribution in [0.1, 0.15) is 15.9 Å². The predicted octanol–water partition coefficient (Wildman–Crippen LogP) is 4.38. The number of hydrogen-bond acceptors (Lipinski definition) is 3. The lowest BCUT2D eigenvalue weighted by Crippen LogP contribution is -2.27. The van der Waals surface area contributed by atoms with Crippen molar-refractivity contribution in [1.29, 1.82) is 0 Å². The summed E-state index contributed by atoms with van der Waals surface area (Å²) in [6.07, 6.45) is 1.79. The zero-order valence-corrected chi connectivity index (χ0v) is 17.9. The van der Waals surface area contributed by atoms with Gasteiger partial charge in [0, 0.05) is 36.2 Å². The van der Waals surface area contributed by atoms with E-state index in [0.717, 1.165) is 16.8 Å². The first-order valence-electron chi connectivity index (χ1n) is 10.8. The van der Waals surface area contributed by atoms with E-state index < -0.39 is 0 Å². The van der Waals surface area contributed by atoms with E-state index in [1.54, 1.807) is 27.9 Å². The highest BCUT2D eigenvalue weighted by Gasteiger charge is 2.21. The number of rotatable bonds is 6. The van der Waals surface area contributed by atoms with Crippen LogP contribution in [0.5, 0.6) is 0 Å². The molecule has 4 aromatic rings. The van der Waals surface area contributed by atoms with Crippen LogP contribution in [0.25, 0.3) is 11.3 Å². The molecule has 1 saturated heterocycles. The van der Waals surface area contributed by atoms with Gasteiger partial charge in [-0.1, -0.05) is 60.7 Å². The van der Waals surface area contributed by atoms with Gasteiger partial charge in [-0.25, -0.2) is 4.79 Å². The van der Waals surface area contributed by atoms with Gasteiger partial charge >= 0.3 is 6.03 Å². The van der Waals surface area contributed by atoms with E-state index in [4.69, 9.17) is 5.10 Å². The molecule has 0 radical (unpaired) electrons. The van der Waals surface area contributed by atoms with Gasteiger partial charge in [-0.2, -0.15) is 5.10 Å². The Bertz CT molecular complexity index is 1270. The predicted molar refractivity (Wildman–Crippen MR) is 128 cm³/mol. The smallest absolute Gasteiger partial charge is 0.321 e. The summed E-state index contributed by atoms with van der Waals surface area (Å²) in [6.45, 7) is 1.83. The van der Waals surface area contributed by atoms with Crippen LogP contribution in [-0.2, 0) is 6.54 Å². The average molecular weight is 438 g/mol. The standard InChI is InChI=1S/C26H23N5O2/c32-25(28-21-11-13-22(14-12-21)31-16-15-27-26(31)33)23-18-30(17-19-7-3-1-4-8-19)29-24(23)20-9-5-2-6-10-20/h1-14,18H,15-17H2,(H,27,33)(H,28,32). The summed E-state index contributed by atoms with van der Waals surface area (Å²) >= 11 is 0. The highest BCUT2D eigenvalue weighted by Crippen LogP contribution is 2.25. The van der Waals surface area contributed by atoms with Crippen molar-refractivity contribution >= 4 is 23.3 Å². The molecule has 3 aromatic carbocycles. The SMILES string of the molecule is O=C(Nc1ccc(N2CCNC2=O)cc1)c1cn(Cc2ccccc2)nc1-c1ccccc1. The third kappa shape index (κ3) is 4.48. The molecule has 0 spiro atoms. The van der Waals surface area contributed by atoms with Crippen molar-refractivity contribution < 1.29 is 9.59 Å². The Labute approximate surface area is 191 Å². The van der Waals surface area contributed by atoms with Crippen molar-refractivity contribution in [3.8, 4) is 11.3 Å². The Balaban J connectivity index is 1.40. The molecule has 5 rings (SSSR count). The van der Waals surface area contributed by atoms with Gasteiger partial charge < -0.3 is 10.6 Å². The normalized spacial score (nSPS) is 13.1. The maximum Gasteiger partial charge on any atom is 0.321 e. The average Bonchev–Trinajstić information content (AvgIpc) is 3.47. The number of nitrogens with zero attached hydrogens (tertiary/aromatic N) is 3. The molecule has 0 aliphatic carbocycles. The topological polar surface area (TPSA) is 79.3 Å². The van der Waals surface area contributed by atoms with Gasteiger partial charge in [0.1, 0.15) is 5.69 Å². The van der Waals surface area contributed by atoms with E-state index in [1.165, 1.54) is 0 Å². The second-order valence-corrected chi connectivity index (χ2v) is 7.83. The number of hydrogen-bond donors (Lipinski definition) is 2. The van der Waals surface area contributed by atoms with E-state index in [2.05, 4.69) is 10.6 Å². The maximum atomic E-state index is 13.2. The first kappa shape index (κ1) is 20.5. The largest absolute Gasteiger partial charge is 0.336 e. The van der Waals surface area contributed by atoms with E-state index >= 15 is 0 Å². The lowest BCUT2D eigenvalue weighted by Gasteiger charge is -2.14. The molecule has 0 atom stereocenters. The third-order valence-corrected chi connectivity index (χ3v) is 5.53. The Morgan fingerprint density at radius 1 is 0.939 bits per heavy atom. The second kappa shape index (κ2) is 9.00. The zero-order valence-electron chi connectivity index (χ0n) is 17.9. The lowest BCUT2D eigenvalue weighted by atomic mass is 10.1. The summed E-state index contributed by atoms with van der Waals surface area (Å²) < 4.78 is 1.79. The number of carbonyl (C=O) groups excluding carboxylic acids is 2. The molecule has 1 aliphatic rings. The zero-order chi connectivity index (χ0) is 22.6. The van der Waals surface area contributed by atoms with Gasteiger partial charge in [-0.05, 0) is 29.8 Å². The number of benzene rings is 3. The molecule has 0 unspecified atom stereocenters. The summed E-state index contributed by atoms with van der Waals surface area (Å²) in [5, 5.41) is 10.5. The van der Waals surface area contributed by atoms with E-state index in [0.29, 0.717) is 36.6 Å². The fourth-order valence-corrected chi connectivity index (χ4v) is 3.89. The number of urea groups is 1. The van der Waals surface area contributed by atoms with Crippen molar-refractivity contribution in [3.05, 3.63) is 102 Å². The van der Waals surface area contributed by atoms with Gasteiger partial charge in [0.05, 0.1) is 12.1 Å². The Kier molecular flexibility index (Phi) is 5.59. The number of anilines is 2. The minimum atomic E-state index is -0.236. The van der Waals surface area contributed by atoms with Gasteiger partial charge in [0.25, 0.3) is 5.91 Å². The third-order valence-electron chi connectivity index (χ3n) is 5.53. The Hall–Kier alpha value is -4.39. The number of aromatic nitrogens is 2. The monoisotopic (exact) mass is 437 g/mol. The Morgan fingerprint density at radius 2 is 1.64 bits per heavy atom. The first-order chi connectivity index (χ1) is 16.2. The van der Waals surface area contributed by atoms with Crippen LogP contribution in [0, 0.1) is 0 Å². The highest BCUT2D eigenvalue weighted by atomic mass is 16.2. The second-order valence-electron chi connectivity index (χ2n) is 7.83. The van der Waals surface area contributed by atoms with Gasteiger partial charge in [0.2, 0.25) is 0 Å². The fraction of sp³-hybridized carbons (Fsp3) is 0.115. The van der Waals surface area contributed by atoms with Crippen molar-refractivity contribution in [3.63, 3.8) is 0 Å². The van der Waals surface area contributed by atoms with Gasteiger partial charge in [-0.3, -0.25) is 14.4 Å². The van der Waals surface area contributed by atoms with E-state index in [9.17, 15) is 9.59 Å². The van der Waals surface area contributed by atoms with Crippen LogP contribution in [-0.4, -0.2) is 34.8 Å². The van der Waals surface area contributed by atoms with Crippen molar-refractivity contribution in [2.75, 3.05) is 23.3 Å².